The molecule has 0 heterocycles. The molecule has 2 nitrogen and oxygen atoms in total. The van der Waals surface area contributed by atoms with Crippen LogP contribution in [0.3, 0.4) is 0 Å². The minimum atomic E-state index is -0.386. The summed E-state index contributed by atoms with van der Waals surface area (Å²) in [4.78, 5) is 12.6. The summed E-state index contributed by atoms with van der Waals surface area (Å²) < 4.78 is 20.3. The maximum atomic E-state index is 14.8. The molecule has 4 rings (SSSR count). The highest BCUT2D eigenvalue weighted by molar-refractivity contribution is 5.75. The van der Waals surface area contributed by atoms with Crippen LogP contribution in [0.25, 0.3) is 0 Å². The van der Waals surface area contributed by atoms with Gasteiger partial charge < -0.3 is 4.74 Å². The van der Waals surface area contributed by atoms with Crippen molar-refractivity contribution in [2.75, 3.05) is 0 Å². The summed E-state index contributed by atoms with van der Waals surface area (Å²) >= 11 is 0. The zero-order chi connectivity index (χ0) is 25.3. The Bertz CT molecular complexity index is 796. The van der Waals surface area contributed by atoms with Crippen LogP contribution in [-0.4, -0.2) is 5.97 Å². The first kappa shape index (κ1) is 27.6. The molecule has 0 aliphatic heterocycles. The van der Waals surface area contributed by atoms with Crippen LogP contribution in [0.5, 0.6) is 5.75 Å². The van der Waals surface area contributed by atoms with Gasteiger partial charge in [0.1, 0.15) is 0 Å². The van der Waals surface area contributed by atoms with E-state index in [1.54, 1.807) is 12.1 Å². The van der Waals surface area contributed by atoms with Gasteiger partial charge in [-0.1, -0.05) is 71.3 Å². The standard InChI is InChI=1S/C33H51FO2/c1-3-5-24-9-16-28(17-10-24)29-18-11-26(12-19-29)7-8-27-15-22-32(31(34)23-27)36-33(35)30-20-13-25(6-4-2)14-21-30/h15,22-26,28-30H,3-14,16-21H2,1-2H3. The quantitative estimate of drug-likeness (QED) is 0.237. The number of ether oxygens (including phenoxy) is 1. The highest BCUT2D eigenvalue weighted by atomic mass is 19.1. The third kappa shape index (κ3) is 7.81. The van der Waals surface area contributed by atoms with Gasteiger partial charge in [0.2, 0.25) is 0 Å². The van der Waals surface area contributed by atoms with E-state index >= 15 is 0 Å². The lowest BCUT2D eigenvalue weighted by Crippen LogP contribution is -2.26. The van der Waals surface area contributed by atoms with E-state index < -0.39 is 0 Å². The SMILES string of the molecule is CCCC1CCC(C(=O)Oc2ccc(CCC3CCC(C4CCC(CCC)CC4)CC3)cc2F)CC1. The van der Waals surface area contributed by atoms with Gasteiger partial charge in [-0.25, -0.2) is 4.39 Å². The van der Waals surface area contributed by atoms with E-state index in [0.717, 1.165) is 73.7 Å². The van der Waals surface area contributed by atoms with Gasteiger partial charge in [0.05, 0.1) is 5.92 Å². The fourth-order valence-corrected chi connectivity index (χ4v) is 7.75. The fourth-order valence-electron chi connectivity index (χ4n) is 7.75. The molecular weight excluding hydrogens is 447 g/mol. The van der Waals surface area contributed by atoms with Gasteiger partial charge in [-0.3, -0.25) is 4.79 Å². The molecular formula is C33H51FO2. The average molecular weight is 499 g/mol. The van der Waals surface area contributed by atoms with Crippen LogP contribution in [0.4, 0.5) is 4.39 Å². The summed E-state index contributed by atoms with van der Waals surface area (Å²) in [7, 11) is 0. The third-order valence-corrected chi connectivity index (χ3v) is 10.1. The molecule has 0 N–H and O–H groups in total. The van der Waals surface area contributed by atoms with Crippen LogP contribution >= 0.6 is 0 Å². The van der Waals surface area contributed by atoms with Gasteiger partial charge in [0.25, 0.3) is 0 Å². The molecule has 202 valence electrons. The van der Waals surface area contributed by atoms with Crippen molar-refractivity contribution < 1.29 is 13.9 Å². The van der Waals surface area contributed by atoms with Crippen molar-refractivity contribution in [2.24, 2.45) is 35.5 Å². The second-order valence-electron chi connectivity index (χ2n) is 12.6. The summed E-state index contributed by atoms with van der Waals surface area (Å²) in [6.07, 6.45) is 22.6. The molecule has 1 aromatic carbocycles. The minimum Gasteiger partial charge on any atom is -0.423 e. The Morgan fingerprint density at radius 2 is 1.25 bits per heavy atom. The summed E-state index contributed by atoms with van der Waals surface area (Å²) in [6, 6.07) is 5.24. The number of hydrogen-bond acceptors (Lipinski definition) is 2. The molecule has 0 unspecified atom stereocenters. The molecule has 3 fully saturated rings. The lowest BCUT2D eigenvalue weighted by molar-refractivity contribution is -0.140. The molecule has 0 aromatic heterocycles. The van der Waals surface area contributed by atoms with Gasteiger partial charge >= 0.3 is 5.97 Å². The number of carbonyl (C=O) groups excluding carboxylic acids is 1. The Kier molecular flexibility index (Phi) is 10.7. The maximum Gasteiger partial charge on any atom is 0.314 e. The van der Waals surface area contributed by atoms with Crippen molar-refractivity contribution in [1.82, 2.24) is 0 Å². The van der Waals surface area contributed by atoms with Gasteiger partial charge in [-0.2, -0.15) is 0 Å². The summed E-state index contributed by atoms with van der Waals surface area (Å²) in [5, 5.41) is 0. The van der Waals surface area contributed by atoms with Crippen molar-refractivity contribution in [3.8, 4) is 5.75 Å². The number of halogens is 1. The van der Waals surface area contributed by atoms with Crippen molar-refractivity contribution in [3.63, 3.8) is 0 Å². The first-order chi connectivity index (χ1) is 17.6. The minimum absolute atomic E-state index is 0.0707. The second kappa shape index (κ2) is 14.0. The molecule has 36 heavy (non-hydrogen) atoms. The number of hydrogen-bond donors (Lipinski definition) is 0. The lowest BCUT2D eigenvalue weighted by Gasteiger charge is -2.38. The normalized spacial score (nSPS) is 31.2. The average Bonchev–Trinajstić information content (AvgIpc) is 2.90. The number of rotatable bonds is 10. The zero-order valence-electron chi connectivity index (χ0n) is 23.1. The molecule has 0 bridgehead atoms. The Balaban J connectivity index is 1.16. The number of benzene rings is 1. The first-order valence-electron chi connectivity index (χ1n) is 15.6. The van der Waals surface area contributed by atoms with E-state index in [9.17, 15) is 9.18 Å². The number of aryl methyl sites for hydroxylation is 1. The summed E-state index contributed by atoms with van der Waals surface area (Å²) in [5.41, 5.74) is 1.03. The van der Waals surface area contributed by atoms with Gasteiger partial charge in [-0.05, 0) is 111 Å². The predicted molar refractivity (Wildman–Crippen MR) is 147 cm³/mol. The summed E-state index contributed by atoms with van der Waals surface area (Å²) in [6.45, 7) is 4.54. The molecule has 0 saturated heterocycles. The molecule has 3 saturated carbocycles. The Morgan fingerprint density at radius 3 is 1.75 bits per heavy atom. The van der Waals surface area contributed by atoms with Crippen molar-refractivity contribution in [2.45, 2.75) is 129 Å². The van der Waals surface area contributed by atoms with E-state index in [1.165, 1.54) is 77.0 Å². The van der Waals surface area contributed by atoms with Crippen LogP contribution in [0.2, 0.25) is 0 Å². The second-order valence-corrected chi connectivity index (χ2v) is 12.6. The number of esters is 1. The van der Waals surface area contributed by atoms with Crippen molar-refractivity contribution >= 4 is 5.97 Å². The first-order valence-corrected chi connectivity index (χ1v) is 15.6. The van der Waals surface area contributed by atoms with Crippen LogP contribution in [0.15, 0.2) is 18.2 Å². The Hall–Kier alpha value is -1.38. The fraction of sp³-hybridized carbons (Fsp3) is 0.788. The molecule has 1 aromatic rings. The molecule has 0 amide bonds. The van der Waals surface area contributed by atoms with Crippen molar-refractivity contribution in [1.29, 1.82) is 0 Å². The van der Waals surface area contributed by atoms with Gasteiger partial charge in [0, 0.05) is 0 Å². The third-order valence-electron chi connectivity index (χ3n) is 10.1. The topological polar surface area (TPSA) is 26.3 Å². The molecule has 3 aliphatic rings. The highest BCUT2D eigenvalue weighted by Crippen LogP contribution is 2.43. The van der Waals surface area contributed by atoms with E-state index in [4.69, 9.17) is 4.74 Å². The largest absolute Gasteiger partial charge is 0.423 e. The van der Waals surface area contributed by atoms with Gasteiger partial charge in [-0.15, -0.1) is 0 Å². The summed E-state index contributed by atoms with van der Waals surface area (Å²) in [5.74, 6) is 3.87. The Labute approximate surface area is 220 Å². The predicted octanol–water partition coefficient (Wildman–Crippen LogP) is 9.68. The van der Waals surface area contributed by atoms with E-state index in [1.807, 2.05) is 6.07 Å². The van der Waals surface area contributed by atoms with Crippen molar-refractivity contribution in [3.05, 3.63) is 29.6 Å². The van der Waals surface area contributed by atoms with Gasteiger partial charge in [0.15, 0.2) is 11.6 Å². The Morgan fingerprint density at radius 1 is 0.750 bits per heavy atom. The zero-order valence-corrected chi connectivity index (χ0v) is 23.1. The monoisotopic (exact) mass is 498 g/mol. The van der Waals surface area contributed by atoms with E-state index in [0.29, 0.717) is 0 Å². The number of carbonyl (C=O) groups is 1. The smallest absolute Gasteiger partial charge is 0.314 e. The van der Waals surface area contributed by atoms with E-state index in [2.05, 4.69) is 13.8 Å². The molecule has 3 aliphatic carbocycles. The van der Waals surface area contributed by atoms with Crippen LogP contribution < -0.4 is 4.74 Å². The maximum absolute atomic E-state index is 14.8. The van der Waals surface area contributed by atoms with Crippen LogP contribution in [-0.2, 0) is 11.2 Å². The lowest BCUT2D eigenvalue weighted by atomic mass is 9.68. The van der Waals surface area contributed by atoms with E-state index in [-0.39, 0.29) is 23.5 Å². The molecule has 0 atom stereocenters. The van der Waals surface area contributed by atoms with Crippen LogP contribution in [0.1, 0.15) is 129 Å². The van der Waals surface area contributed by atoms with Crippen LogP contribution in [0, 0.1) is 41.3 Å². The molecule has 0 radical (unpaired) electrons. The highest BCUT2D eigenvalue weighted by Gasteiger charge is 2.31. The molecule has 0 spiro atoms. The molecule has 3 heteroatoms.